The van der Waals surface area contributed by atoms with Crippen LogP contribution in [0.25, 0.3) is 6.08 Å². The second kappa shape index (κ2) is 19.3. The van der Waals surface area contributed by atoms with Gasteiger partial charge in [-0.1, -0.05) is 61.5 Å². The van der Waals surface area contributed by atoms with Crippen molar-refractivity contribution in [2.75, 3.05) is 30.9 Å². The Hall–Kier alpha value is -5.89. The molecule has 1 unspecified atom stereocenters. The zero-order chi connectivity index (χ0) is 40.3. The van der Waals surface area contributed by atoms with Crippen LogP contribution >= 0.6 is 23.1 Å². The molecule has 6 rings (SSSR count). The van der Waals surface area contributed by atoms with Crippen molar-refractivity contribution in [3.63, 3.8) is 0 Å². The summed E-state index contributed by atoms with van der Waals surface area (Å²) in [4.78, 5) is 58.2. The van der Waals surface area contributed by atoms with Gasteiger partial charge in [-0.2, -0.15) is 0 Å². The summed E-state index contributed by atoms with van der Waals surface area (Å²) in [5.41, 5.74) is 3.77. The smallest absolute Gasteiger partial charge is 0.341 e. The fourth-order valence-electron chi connectivity index (χ4n) is 6.38. The van der Waals surface area contributed by atoms with Gasteiger partial charge in [0.25, 0.3) is 11.8 Å². The van der Waals surface area contributed by atoms with E-state index >= 15 is 0 Å². The number of thioether (sulfide) groups is 1. The van der Waals surface area contributed by atoms with Crippen molar-refractivity contribution in [2.45, 2.75) is 49.9 Å². The van der Waals surface area contributed by atoms with Crippen molar-refractivity contribution in [2.24, 2.45) is 0 Å². The Bertz CT molecular complexity index is 2260. The Balaban J connectivity index is 1.18. The SMILES string of the molecule is CCOC(=O)c1c(NC(=O)C(CC)Sc2cccc(NC(=O)/C(=C\c3ccc(O)cc3OC)NC(=O)c3ccccc3)c2)sc2c1CCN(Cc1ccccc1)C2. The van der Waals surface area contributed by atoms with Gasteiger partial charge in [0.1, 0.15) is 22.2 Å². The number of esters is 1. The fraction of sp³-hybridized carbons (Fsp3) is 0.227. The Morgan fingerprint density at radius 1 is 0.930 bits per heavy atom. The van der Waals surface area contributed by atoms with Gasteiger partial charge < -0.3 is 30.5 Å². The first-order valence-electron chi connectivity index (χ1n) is 18.6. The summed E-state index contributed by atoms with van der Waals surface area (Å²) in [5, 5.41) is 18.6. The van der Waals surface area contributed by atoms with Crippen molar-refractivity contribution >= 4 is 63.6 Å². The Labute approximate surface area is 340 Å². The first kappa shape index (κ1) is 40.8. The highest BCUT2D eigenvalue weighted by atomic mass is 32.2. The number of nitrogens with one attached hydrogen (secondary N) is 3. The third-order valence-corrected chi connectivity index (χ3v) is 11.7. The Morgan fingerprint density at radius 3 is 2.40 bits per heavy atom. The van der Waals surface area contributed by atoms with Gasteiger partial charge in [0.2, 0.25) is 5.91 Å². The molecule has 0 radical (unpaired) electrons. The highest BCUT2D eigenvalue weighted by molar-refractivity contribution is 8.00. The number of benzene rings is 4. The number of methoxy groups -OCH3 is 1. The molecule has 0 aliphatic carbocycles. The van der Waals surface area contributed by atoms with Gasteiger partial charge in [-0.3, -0.25) is 19.3 Å². The standard InChI is InChI=1S/C44H44N4O7S2/c1-4-37(42(52)47-43-39(44(53)55-5-2)34-21-22-48(27-38(34)57-43)26-28-13-8-6-9-14-28)56-33-18-12-17-31(24-33)45-41(51)35(46-40(50)29-15-10-7-11-16-29)23-30-19-20-32(49)25-36(30)54-3/h6-20,23-25,37,49H,4-5,21-22,26-27H2,1-3H3,(H,45,51)(H,46,50)(H,47,52)/b35-23+. The minimum Gasteiger partial charge on any atom is -0.508 e. The minimum absolute atomic E-state index is 0.0171. The maximum Gasteiger partial charge on any atom is 0.341 e. The molecule has 3 amide bonds. The average molecular weight is 805 g/mol. The summed E-state index contributed by atoms with van der Waals surface area (Å²) in [7, 11) is 1.44. The number of thiophene rings is 1. The van der Waals surface area contributed by atoms with Crippen LogP contribution in [-0.2, 0) is 33.8 Å². The molecule has 4 N–H and O–H groups in total. The molecule has 13 heteroatoms. The number of aromatic hydroxyl groups is 1. The number of anilines is 2. The van der Waals surface area contributed by atoms with E-state index in [1.807, 2.05) is 31.2 Å². The number of carbonyl (C=O) groups is 4. The molecule has 11 nitrogen and oxygen atoms in total. The topological polar surface area (TPSA) is 146 Å². The molecule has 0 saturated heterocycles. The summed E-state index contributed by atoms with van der Waals surface area (Å²) in [6.07, 6.45) is 2.63. The molecule has 2 heterocycles. The predicted molar refractivity (Wildman–Crippen MR) is 225 cm³/mol. The molecule has 1 aromatic heterocycles. The van der Waals surface area contributed by atoms with Crippen LogP contribution in [0, 0.1) is 0 Å². The van der Waals surface area contributed by atoms with E-state index in [0.717, 1.165) is 28.4 Å². The second-order valence-electron chi connectivity index (χ2n) is 13.2. The maximum atomic E-state index is 13.9. The van der Waals surface area contributed by atoms with E-state index in [1.165, 1.54) is 54.0 Å². The van der Waals surface area contributed by atoms with Crippen molar-refractivity contribution in [1.29, 1.82) is 0 Å². The van der Waals surface area contributed by atoms with E-state index in [4.69, 9.17) is 9.47 Å². The zero-order valence-electron chi connectivity index (χ0n) is 31.9. The number of nitrogens with zero attached hydrogens (tertiary/aromatic N) is 1. The Morgan fingerprint density at radius 2 is 1.68 bits per heavy atom. The van der Waals surface area contributed by atoms with Crippen molar-refractivity contribution in [3.05, 3.63) is 142 Å². The highest BCUT2D eigenvalue weighted by Crippen LogP contribution is 2.39. The quantitative estimate of drug-likeness (QED) is 0.0468. The molecule has 57 heavy (non-hydrogen) atoms. The van der Waals surface area contributed by atoms with E-state index in [1.54, 1.807) is 61.5 Å². The van der Waals surface area contributed by atoms with Crippen LogP contribution in [0.3, 0.4) is 0 Å². The Kier molecular flexibility index (Phi) is 13.8. The number of carbonyl (C=O) groups excluding carboxylic acids is 4. The first-order valence-corrected chi connectivity index (χ1v) is 20.3. The second-order valence-corrected chi connectivity index (χ2v) is 15.5. The molecule has 4 aromatic carbocycles. The van der Waals surface area contributed by atoms with Gasteiger partial charge in [-0.05, 0) is 79.4 Å². The molecule has 0 bridgehead atoms. The normalized spacial score (nSPS) is 13.2. The average Bonchev–Trinajstić information content (AvgIpc) is 3.58. The van der Waals surface area contributed by atoms with Gasteiger partial charge in [0.05, 0.1) is 24.5 Å². The highest BCUT2D eigenvalue weighted by Gasteiger charge is 2.31. The number of rotatable bonds is 15. The van der Waals surface area contributed by atoms with E-state index in [0.29, 0.717) is 52.5 Å². The lowest BCUT2D eigenvalue weighted by Gasteiger charge is -2.27. The van der Waals surface area contributed by atoms with Gasteiger partial charge in [0.15, 0.2) is 0 Å². The summed E-state index contributed by atoms with van der Waals surface area (Å²) < 4.78 is 10.9. The number of amides is 3. The maximum absolute atomic E-state index is 13.9. The van der Waals surface area contributed by atoms with E-state index < -0.39 is 23.0 Å². The van der Waals surface area contributed by atoms with Crippen LogP contribution in [-0.4, -0.2) is 59.2 Å². The number of phenolic OH excluding ortho intramolecular Hbond substituents is 1. The van der Waals surface area contributed by atoms with E-state index in [9.17, 15) is 24.3 Å². The number of hydrogen-bond acceptors (Lipinski definition) is 10. The van der Waals surface area contributed by atoms with Gasteiger partial charge in [-0.15, -0.1) is 23.1 Å². The molecule has 1 aliphatic heterocycles. The molecule has 0 spiro atoms. The molecule has 5 aromatic rings. The van der Waals surface area contributed by atoms with Crippen LogP contribution in [0.1, 0.15) is 62.6 Å². The number of ether oxygens (including phenoxy) is 2. The third kappa shape index (κ3) is 10.5. The molecule has 294 valence electrons. The van der Waals surface area contributed by atoms with Crippen LogP contribution in [0.5, 0.6) is 11.5 Å². The van der Waals surface area contributed by atoms with E-state index in [-0.39, 0.29) is 24.0 Å². The molecular formula is C44H44N4O7S2. The molecular weight excluding hydrogens is 761 g/mol. The van der Waals surface area contributed by atoms with Crippen LogP contribution < -0.4 is 20.7 Å². The van der Waals surface area contributed by atoms with Crippen LogP contribution in [0.15, 0.2) is 114 Å². The van der Waals surface area contributed by atoms with Gasteiger partial charge in [0, 0.05) is 52.3 Å². The lowest BCUT2D eigenvalue weighted by atomic mass is 10.0. The van der Waals surface area contributed by atoms with Crippen molar-refractivity contribution in [3.8, 4) is 11.5 Å². The molecule has 1 atom stereocenters. The van der Waals surface area contributed by atoms with E-state index in [2.05, 4.69) is 33.0 Å². The zero-order valence-corrected chi connectivity index (χ0v) is 33.5. The minimum atomic E-state index is -0.600. The third-order valence-electron chi connectivity index (χ3n) is 9.18. The van der Waals surface area contributed by atoms with Crippen molar-refractivity contribution < 1.29 is 33.8 Å². The van der Waals surface area contributed by atoms with Crippen LogP contribution in [0.2, 0.25) is 0 Å². The van der Waals surface area contributed by atoms with Gasteiger partial charge >= 0.3 is 5.97 Å². The number of phenols is 1. The summed E-state index contributed by atoms with van der Waals surface area (Å²) >= 11 is 2.76. The largest absolute Gasteiger partial charge is 0.508 e. The monoisotopic (exact) mass is 804 g/mol. The van der Waals surface area contributed by atoms with Crippen LogP contribution in [0.4, 0.5) is 10.7 Å². The number of hydrogen-bond donors (Lipinski definition) is 4. The molecule has 0 fully saturated rings. The molecule has 0 saturated carbocycles. The lowest BCUT2D eigenvalue weighted by Crippen LogP contribution is -2.30. The fourth-order valence-corrected chi connectivity index (χ4v) is 8.68. The molecule has 1 aliphatic rings. The lowest BCUT2D eigenvalue weighted by molar-refractivity contribution is -0.116. The summed E-state index contributed by atoms with van der Waals surface area (Å²) in [6.45, 7) is 6.13. The van der Waals surface area contributed by atoms with Crippen molar-refractivity contribution in [1.82, 2.24) is 10.2 Å². The first-order chi connectivity index (χ1) is 27.6. The summed E-state index contributed by atoms with van der Waals surface area (Å²) in [6, 6.07) is 30.3. The summed E-state index contributed by atoms with van der Waals surface area (Å²) in [5.74, 6) is -1.49. The predicted octanol–water partition coefficient (Wildman–Crippen LogP) is 8.12. The van der Waals surface area contributed by atoms with Gasteiger partial charge in [-0.25, -0.2) is 4.79 Å². The number of fused-ring (bicyclic) bond motifs is 1.